The first-order valence-electron chi connectivity index (χ1n) is 5.75. The Hall–Kier alpha value is -0.960. The third-order valence-electron chi connectivity index (χ3n) is 3.37. The first-order chi connectivity index (χ1) is 7.84. The Morgan fingerprint density at radius 1 is 1.12 bits per heavy atom. The zero-order valence-corrected chi connectivity index (χ0v) is 10.6. The van der Waals surface area contributed by atoms with Gasteiger partial charge in [0, 0.05) is 15.8 Å². The molecule has 0 radical (unpaired) electrons. The summed E-state index contributed by atoms with van der Waals surface area (Å²) in [6.45, 7) is 0. The van der Waals surface area contributed by atoms with Crippen molar-refractivity contribution in [3.8, 4) is 0 Å². The number of halogens is 1. The molecule has 0 atom stereocenters. The van der Waals surface area contributed by atoms with Crippen molar-refractivity contribution >= 4 is 26.8 Å². The molecule has 0 N–H and O–H groups in total. The van der Waals surface area contributed by atoms with E-state index in [1.54, 1.807) is 6.33 Å². The van der Waals surface area contributed by atoms with Crippen LogP contribution in [0.25, 0.3) is 10.9 Å². The maximum Gasteiger partial charge on any atom is 0.116 e. The van der Waals surface area contributed by atoms with E-state index in [9.17, 15) is 0 Å². The van der Waals surface area contributed by atoms with Crippen LogP contribution in [0.4, 0.5) is 0 Å². The van der Waals surface area contributed by atoms with Gasteiger partial charge in [-0.3, -0.25) is 0 Å². The number of hydrogen-bond acceptors (Lipinski definition) is 2. The molecule has 1 fully saturated rings. The summed E-state index contributed by atoms with van der Waals surface area (Å²) in [5, 5.41) is 1.21. The second-order valence-corrected chi connectivity index (χ2v) is 5.32. The molecule has 0 amide bonds. The van der Waals surface area contributed by atoms with Gasteiger partial charge < -0.3 is 0 Å². The van der Waals surface area contributed by atoms with Crippen molar-refractivity contribution in [1.29, 1.82) is 0 Å². The maximum atomic E-state index is 4.50. The smallest absolute Gasteiger partial charge is 0.116 e. The zero-order chi connectivity index (χ0) is 11.0. The van der Waals surface area contributed by atoms with E-state index in [0.29, 0.717) is 5.92 Å². The summed E-state index contributed by atoms with van der Waals surface area (Å²) >= 11 is 3.52. The SMILES string of the molecule is Brc1ccc2ncnc(C3CCCC3)c2c1. The number of fused-ring (bicyclic) bond motifs is 1. The minimum absolute atomic E-state index is 0.639. The van der Waals surface area contributed by atoms with Crippen LogP contribution in [0.2, 0.25) is 0 Å². The molecule has 3 rings (SSSR count). The Bertz CT molecular complexity index is 518. The summed E-state index contributed by atoms with van der Waals surface area (Å²) in [6.07, 6.45) is 6.93. The molecular weight excluding hydrogens is 264 g/mol. The van der Waals surface area contributed by atoms with Gasteiger partial charge in [-0.05, 0) is 31.0 Å². The molecule has 2 nitrogen and oxygen atoms in total. The lowest BCUT2D eigenvalue weighted by atomic mass is 10.00. The Morgan fingerprint density at radius 3 is 2.75 bits per heavy atom. The molecule has 0 unspecified atom stereocenters. The van der Waals surface area contributed by atoms with Gasteiger partial charge in [0.2, 0.25) is 0 Å². The molecule has 0 aliphatic heterocycles. The molecule has 0 spiro atoms. The van der Waals surface area contributed by atoms with E-state index >= 15 is 0 Å². The summed E-state index contributed by atoms with van der Waals surface area (Å²) in [7, 11) is 0. The van der Waals surface area contributed by atoms with E-state index in [-0.39, 0.29) is 0 Å². The van der Waals surface area contributed by atoms with Gasteiger partial charge in [0.15, 0.2) is 0 Å². The van der Waals surface area contributed by atoms with E-state index in [1.165, 1.54) is 36.8 Å². The van der Waals surface area contributed by atoms with Crippen LogP contribution in [0.5, 0.6) is 0 Å². The quantitative estimate of drug-likeness (QED) is 0.785. The van der Waals surface area contributed by atoms with E-state index in [2.05, 4.69) is 38.0 Å². The Kier molecular flexibility index (Phi) is 2.64. The lowest BCUT2D eigenvalue weighted by Gasteiger charge is -2.11. The van der Waals surface area contributed by atoms with Crippen molar-refractivity contribution in [3.05, 3.63) is 34.7 Å². The predicted octanol–water partition coefficient (Wildman–Crippen LogP) is 4.05. The molecule has 1 aliphatic rings. The van der Waals surface area contributed by atoms with Crippen LogP contribution in [0.1, 0.15) is 37.3 Å². The lowest BCUT2D eigenvalue weighted by Crippen LogP contribution is -1.98. The highest BCUT2D eigenvalue weighted by Crippen LogP contribution is 2.36. The number of rotatable bonds is 1. The highest BCUT2D eigenvalue weighted by Gasteiger charge is 2.20. The number of benzene rings is 1. The summed E-state index contributed by atoms with van der Waals surface area (Å²) in [5.74, 6) is 0.639. The highest BCUT2D eigenvalue weighted by molar-refractivity contribution is 9.10. The average Bonchev–Trinajstić information content (AvgIpc) is 2.81. The van der Waals surface area contributed by atoms with Crippen molar-refractivity contribution in [3.63, 3.8) is 0 Å². The second kappa shape index (κ2) is 4.13. The molecule has 1 aromatic heterocycles. The molecular formula is C13H13BrN2. The van der Waals surface area contributed by atoms with Crippen LogP contribution < -0.4 is 0 Å². The summed E-state index contributed by atoms with van der Waals surface area (Å²) < 4.78 is 1.11. The number of aromatic nitrogens is 2. The van der Waals surface area contributed by atoms with Crippen molar-refractivity contribution < 1.29 is 0 Å². The van der Waals surface area contributed by atoms with Crippen LogP contribution in [0.15, 0.2) is 29.0 Å². The molecule has 3 heteroatoms. The molecule has 16 heavy (non-hydrogen) atoms. The maximum absolute atomic E-state index is 4.50. The van der Waals surface area contributed by atoms with E-state index in [1.807, 2.05) is 6.07 Å². The standard InChI is InChI=1S/C13H13BrN2/c14-10-5-6-12-11(7-10)13(16-8-15-12)9-3-1-2-4-9/h5-9H,1-4H2. The molecule has 1 saturated carbocycles. The third-order valence-corrected chi connectivity index (χ3v) is 3.86. The number of nitrogens with zero attached hydrogens (tertiary/aromatic N) is 2. The van der Waals surface area contributed by atoms with Gasteiger partial charge in [0.25, 0.3) is 0 Å². The summed E-state index contributed by atoms with van der Waals surface area (Å²) in [4.78, 5) is 8.82. The van der Waals surface area contributed by atoms with Gasteiger partial charge in [-0.2, -0.15) is 0 Å². The largest absolute Gasteiger partial charge is 0.240 e. The third kappa shape index (κ3) is 1.73. The topological polar surface area (TPSA) is 25.8 Å². The van der Waals surface area contributed by atoms with Crippen molar-refractivity contribution in [2.24, 2.45) is 0 Å². The fourth-order valence-corrected chi connectivity index (χ4v) is 2.93. The lowest BCUT2D eigenvalue weighted by molar-refractivity contribution is 0.702. The van der Waals surface area contributed by atoms with Gasteiger partial charge in [0.05, 0.1) is 11.2 Å². The summed E-state index contributed by atoms with van der Waals surface area (Å²) in [5.41, 5.74) is 2.30. The number of hydrogen-bond donors (Lipinski definition) is 0. The van der Waals surface area contributed by atoms with Crippen LogP contribution in [-0.4, -0.2) is 9.97 Å². The van der Waals surface area contributed by atoms with Gasteiger partial charge in [0.1, 0.15) is 6.33 Å². The van der Waals surface area contributed by atoms with Crippen molar-refractivity contribution in [1.82, 2.24) is 9.97 Å². The highest BCUT2D eigenvalue weighted by atomic mass is 79.9. The Morgan fingerprint density at radius 2 is 1.94 bits per heavy atom. The molecule has 1 aliphatic carbocycles. The predicted molar refractivity (Wildman–Crippen MR) is 68.4 cm³/mol. The van der Waals surface area contributed by atoms with Crippen molar-refractivity contribution in [2.45, 2.75) is 31.6 Å². The molecule has 0 bridgehead atoms. The fourth-order valence-electron chi connectivity index (χ4n) is 2.57. The molecule has 1 heterocycles. The molecule has 0 saturated heterocycles. The van der Waals surface area contributed by atoms with Crippen LogP contribution in [0, 0.1) is 0 Å². The Labute approximate surface area is 103 Å². The minimum Gasteiger partial charge on any atom is -0.240 e. The Balaban J connectivity index is 2.18. The first kappa shape index (κ1) is 10.2. The van der Waals surface area contributed by atoms with Crippen LogP contribution in [0.3, 0.4) is 0 Å². The molecule has 1 aromatic carbocycles. The van der Waals surface area contributed by atoms with Gasteiger partial charge in [-0.1, -0.05) is 28.8 Å². The first-order valence-corrected chi connectivity index (χ1v) is 6.54. The monoisotopic (exact) mass is 276 g/mol. The van der Waals surface area contributed by atoms with E-state index in [4.69, 9.17) is 0 Å². The second-order valence-electron chi connectivity index (χ2n) is 4.40. The van der Waals surface area contributed by atoms with Gasteiger partial charge in [-0.25, -0.2) is 9.97 Å². The van der Waals surface area contributed by atoms with E-state index < -0.39 is 0 Å². The van der Waals surface area contributed by atoms with Crippen LogP contribution >= 0.6 is 15.9 Å². The minimum atomic E-state index is 0.639. The van der Waals surface area contributed by atoms with E-state index in [0.717, 1.165) is 9.99 Å². The molecule has 82 valence electrons. The van der Waals surface area contributed by atoms with Gasteiger partial charge >= 0.3 is 0 Å². The molecule has 2 aromatic rings. The summed E-state index contributed by atoms with van der Waals surface area (Å²) in [6, 6.07) is 6.23. The van der Waals surface area contributed by atoms with Crippen LogP contribution in [-0.2, 0) is 0 Å². The fraction of sp³-hybridized carbons (Fsp3) is 0.385. The zero-order valence-electron chi connectivity index (χ0n) is 8.99. The van der Waals surface area contributed by atoms with Gasteiger partial charge in [-0.15, -0.1) is 0 Å². The normalized spacial score (nSPS) is 17.1. The average molecular weight is 277 g/mol. The van der Waals surface area contributed by atoms with Crippen molar-refractivity contribution in [2.75, 3.05) is 0 Å².